The Hall–Kier alpha value is -1.44. The lowest BCUT2D eigenvalue weighted by molar-refractivity contribution is -0.685. The summed E-state index contributed by atoms with van der Waals surface area (Å²) in [5.74, 6) is 0. The van der Waals surface area contributed by atoms with E-state index in [0.717, 1.165) is 17.1 Å². The van der Waals surface area contributed by atoms with E-state index >= 15 is 0 Å². The van der Waals surface area contributed by atoms with Crippen molar-refractivity contribution in [1.82, 2.24) is 4.98 Å². The molecule has 68 valence electrons. The summed E-state index contributed by atoms with van der Waals surface area (Å²) in [7, 11) is 1.99. The van der Waals surface area contributed by atoms with Gasteiger partial charge >= 0.3 is 0 Å². The van der Waals surface area contributed by atoms with Crippen molar-refractivity contribution in [3.8, 4) is 0 Å². The second-order valence-electron chi connectivity index (χ2n) is 2.87. The van der Waals surface area contributed by atoms with Crippen molar-refractivity contribution in [3.05, 3.63) is 35.2 Å². The molecule has 0 N–H and O–H groups in total. The third kappa shape index (κ3) is 2.51. The largest absolute Gasteiger partial charge is 0.244 e. The van der Waals surface area contributed by atoms with Crippen LogP contribution in [0.15, 0.2) is 24.5 Å². The van der Waals surface area contributed by atoms with Crippen molar-refractivity contribution < 1.29 is 4.57 Å². The predicted molar refractivity (Wildman–Crippen MR) is 54.1 cm³/mol. The first-order valence-corrected chi connectivity index (χ1v) is 4.42. The molecule has 0 radical (unpaired) electrons. The molecule has 0 aliphatic rings. The summed E-state index contributed by atoms with van der Waals surface area (Å²) < 4.78 is 2.01. The Morgan fingerprint density at radius 3 is 3.00 bits per heavy atom. The lowest BCUT2D eigenvalue weighted by Crippen LogP contribution is -2.54. The fourth-order valence-corrected chi connectivity index (χ4v) is 1.08. The molecule has 0 aliphatic heterocycles. The molecule has 0 saturated heterocycles. The molecule has 0 spiro atoms. The topological polar surface area (TPSA) is 16.8 Å². The molecule has 0 amide bonds. The summed E-state index contributed by atoms with van der Waals surface area (Å²) in [6, 6.07) is 0. The van der Waals surface area contributed by atoms with Gasteiger partial charge < -0.3 is 0 Å². The predicted octanol–water partition coefficient (Wildman–Crippen LogP) is 0.0631. The molecule has 2 nitrogen and oxygen atoms in total. The van der Waals surface area contributed by atoms with E-state index in [1.807, 2.05) is 30.0 Å². The van der Waals surface area contributed by atoms with Gasteiger partial charge in [-0.1, -0.05) is 25.7 Å². The highest BCUT2D eigenvalue weighted by molar-refractivity contribution is 5.32. The van der Waals surface area contributed by atoms with Crippen LogP contribution in [0, 0.1) is 0 Å². The zero-order valence-electron chi connectivity index (χ0n) is 8.20. The van der Waals surface area contributed by atoms with Crippen LogP contribution in [0.1, 0.15) is 13.3 Å². The molecule has 13 heavy (non-hydrogen) atoms. The highest BCUT2D eigenvalue weighted by Gasteiger charge is 1.94. The quantitative estimate of drug-likeness (QED) is 0.581. The molecule has 1 aromatic rings. The van der Waals surface area contributed by atoms with Crippen molar-refractivity contribution in [3.63, 3.8) is 0 Å². The van der Waals surface area contributed by atoms with Crippen molar-refractivity contribution in [2.45, 2.75) is 13.3 Å². The Morgan fingerprint density at radius 1 is 1.62 bits per heavy atom. The zero-order chi connectivity index (χ0) is 9.68. The van der Waals surface area contributed by atoms with Gasteiger partial charge in [-0.2, -0.15) is 4.57 Å². The summed E-state index contributed by atoms with van der Waals surface area (Å²) in [6.07, 6.45) is 10.9. The van der Waals surface area contributed by atoms with Crippen LogP contribution < -0.4 is 15.3 Å². The van der Waals surface area contributed by atoms with Crippen molar-refractivity contribution in [2.24, 2.45) is 7.05 Å². The van der Waals surface area contributed by atoms with E-state index in [1.165, 1.54) is 0 Å². The number of aromatic nitrogens is 2. The second kappa shape index (κ2) is 4.55. The summed E-state index contributed by atoms with van der Waals surface area (Å²) in [4.78, 5) is 4.12. The highest BCUT2D eigenvalue weighted by Crippen LogP contribution is 1.77. The second-order valence-corrected chi connectivity index (χ2v) is 2.87. The molecule has 1 aromatic heterocycles. The molecule has 0 bridgehead atoms. The maximum Gasteiger partial charge on any atom is 0.230 e. The lowest BCUT2D eigenvalue weighted by atomic mass is 10.3. The third-order valence-electron chi connectivity index (χ3n) is 1.82. The van der Waals surface area contributed by atoms with Gasteiger partial charge in [0.05, 0.1) is 6.20 Å². The Bertz CT molecular complexity index is 405. The van der Waals surface area contributed by atoms with Gasteiger partial charge in [-0.25, -0.2) is 4.98 Å². The number of hydrogen-bond donors (Lipinski definition) is 0. The number of allylic oxidation sites excluding steroid dienone is 2. The van der Waals surface area contributed by atoms with E-state index < -0.39 is 0 Å². The van der Waals surface area contributed by atoms with Crippen molar-refractivity contribution in [1.29, 1.82) is 0 Å². The Morgan fingerprint density at radius 2 is 2.38 bits per heavy atom. The van der Waals surface area contributed by atoms with Crippen LogP contribution >= 0.6 is 0 Å². The molecule has 0 atom stereocenters. The maximum atomic E-state index is 4.12. The standard InChI is InChI=1S/C11H15N2/c1-4-5-6-7-11-10(2)12-8-9-13(11)3/h5-9H,2,4H2,1,3H3/q+1/b6-5-,11-7+. The van der Waals surface area contributed by atoms with Gasteiger partial charge in [0, 0.05) is 6.08 Å². The number of hydrogen-bond acceptors (Lipinski definition) is 1. The molecule has 1 rings (SSSR count). The molecule has 1 heterocycles. The Balaban J connectivity index is 3.20. The molecule has 0 aliphatic carbocycles. The van der Waals surface area contributed by atoms with Crippen molar-refractivity contribution in [2.75, 3.05) is 0 Å². The van der Waals surface area contributed by atoms with Crippen LogP contribution in [0.4, 0.5) is 0 Å². The molecule has 0 saturated carbocycles. The van der Waals surface area contributed by atoms with Gasteiger partial charge in [0.2, 0.25) is 5.35 Å². The van der Waals surface area contributed by atoms with Crippen molar-refractivity contribution >= 4 is 12.7 Å². The first-order chi connectivity index (χ1) is 6.25. The normalized spacial score (nSPS) is 12.6. The van der Waals surface area contributed by atoms with Gasteiger partial charge in [-0.15, -0.1) is 0 Å². The van der Waals surface area contributed by atoms with E-state index in [0.29, 0.717) is 0 Å². The summed E-state index contributed by atoms with van der Waals surface area (Å²) >= 11 is 0. The third-order valence-corrected chi connectivity index (χ3v) is 1.82. The first kappa shape index (κ1) is 9.65. The first-order valence-electron chi connectivity index (χ1n) is 4.42. The smallest absolute Gasteiger partial charge is 0.230 e. The van der Waals surface area contributed by atoms with Crippen LogP contribution in [0.3, 0.4) is 0 Å². The molecular formula is C11H15N2+. The van der Waals surface area contributed by atoms with E-state index in [4.69, 9.17) is 0 Å². The van der Waals surface area contributed by atoms with Gasteiger partial charge in [0.15, 0.2) is 6.20 Å². The lowest BCUT2D eigenvalue weighted by Gasteiger charge is -1.86. The van der Waals surface area contributed by atoms with E-state index in [9.17, 15) is 0 Å². The molecule has 2 heteroatoms. The highest BCUT2D eigenvalue weighted by atomic mass is 14.9. The van der Waals surface area contributed by atoms with Crippen LogP contribution in [0.25, 0.3) is 12.7 Å². The maximum absolute atomic E-state index is 4.12. The monoisotopic (exact) mass is 175 g/mol. The molecule has 0 unspecified atom stereocenters. The van der Waals surface area contributed by atoms with Gasteiger partial charge in [0.1, 0.15) is 12.4 Å². The minimum absolute atomic E-state index is 0.811. The zero-order valence-corrected chi connectivity index (χ0v) is 8.20. The summed E-state index contributed by atoms with van der Waals surface area (Å²) in [6.45, 7) is 5.97. The fraction of sp³-hybridized carbons (Fsp3) is 0.273. The number of nitrogens with zero attached hydrogens (tertiary/aromatic N) is 2. The summed E-state index contributed by atoms with van der Waals surface area (Å²) in [5.41, 5.74) is 0. The average molecular weight is 175 g/mol. The molecular weight excluding hydrogens is 160 g/mol. The fourth-order valence-electron chi connectivity index (χ4n) is 1.08. The Kier molecular flexibility index (Phi) is 3.38. The number of aryl methyl sites for hydroxylation is 1. The minimum atomic E-state index is 0.811. The van der Waals surface area contributed by atoms with E-state index in [2.05, 4.69) is 24.6 Å². The van der Waals surface area contributed by atoms with Crippen LogP contribution in [0.5, 0.6) is 0 Å². The van der Waals surface area contributed by atoms with E-state index in [-0.39, 0.29) is 0 Å². The summed E-state index contributed by atoms with van der Waals surface area (Å²) in [5, 5.41) is 1.86. The average Bonchev–Trinajstić information content (AvgIpc) is 2.10. The number of rotatable bonds is 2. The van der Waals surface area contributed by atoms with Gasteiger partial charge in [-0.3, -0.25) is 0 Å². The Labute approximate surface area is 78.6 Å². The van der Waals surface area contributed by atoms with Crippen LogP contribution in [-0.2, 0) is 7.05 Å². The molecule has 0 fully saturated rings. The van der Waals surface area contributed by atoms with Gasteiger partial charge in [-0.05, 0) is 6.42 Å². The molecule has 0 aromatic carbocycles. The van der Waals surface area contributed by atoms with Crippen LogP contribution in [0.2, 0.25) is 0 Å². The minimum Gasteiger partial charge on any atom is -0.244 e. The van der Waals surface area contributed by atoms with Gasteiger partial charge in [0.25, 0.3) is 0 Å². The van der Waals surface area contributed by atoms with E-state index in [1.54, 1.807) is 6.20 Å². The van der Waals surface area contributed by atoms with Crippen LogP contribution in [-0.4, -0.2) is 4.98 Å². The SMILES string of the molecule is C=c1ncc[n+](C)/c1=C/C=C\CC.